The smallest absolute Gasteiger partial charge is 0.150 e. The molecule has 0 aliphatic carbocycles. The third-order valence-electron chi connectivity index (χ3n) is 3.30. The highest BCUT2D eigenvalue weighted by Gasteiger charge is 2.06. The molecule has 0 radical (unpaired) electrons. The Hall–Kier alpha value is -1.54. The van der Waals surface area contributed by atoms with E-state index in [-0.39, 0.29) is 0 Å². The van der Waals surface area contributed by atoms with E-state index in [0.29, 0.717) is 17.5 Å². The van der Waals surface area contributed by atoms with Gasteiger partial charge in [0.15, 0.2) is 0 Å². The second kappa shape index (κ2) is 6.58. The molecule has 0 N–H and O–H groups in total. The van der Waals surface area contributed by atoms with Crippen molar-refractivity contribution in [3.63, 3.8) is 0 Å². The summed E-state index contributed by atoms with van der Waals surface area (Å²) in [4.78, 5) is 4.06. The van der Waals surface area contributed by atoms with E-state index in [9.17, 15) is 0 Å². The number of nitrogens with zero attached hydrogens (tertiary/aromatic N) is 1. The van der Waals surface area contributed by atoms with Crippen molar-refractivity contribution in [2.45, 2.75) is 32.1 Å². The molecule has 3 heteroatoms. The Morgan fingerprint density at radius 2 is 1.95 bits per heavy atom. The molecule has 2 aromatic rings. The molecule has 1 aromatic heterocycles. The topological polar surface area (TPSA) is 22.1 Å². The largest absolute Gasteiger partial charge is 0.455 e. The van der Waals surface area contributed by atoms with Crippen molar-refractivity contribution >= 4 is 11.6 Å². The number of aromatic nitrogens is 1. The molecule has 0 fully saturated rings. The molecule has 0 aliphatic heterocycles. The summed E-state index contributed by atoms with van der Waals surface area (Å²) in [6.45, 7) is 4.42. The van der Waals surface area contributed by atoms with Gasteiger partial charge in [-0.3, -0.25) is 4.98 Å². The van der Waals surface area contributed by atoms with Crippen LogP contribution in [0.4, 0.5) is 0 Å². The average molecular weight is 276 g/mol. The maximum Gasteiger partial charge on any atom is 0.150 e. The van der Waals surface area contributed by atoms with Crippen LogP contribution in [0.1, 0.15) is 37.3 Å². The predicted molar refractivity (Wildman–Crippen MR) is 79.0 cm³/mol. The fraction of sp³-hybridized carbons (Fsp3) is 0.312. The molecular formula is C16H18ClNO. The summed E-state index contributed by atoms with van der Waals surface area (Å²) in [6, 6.07) is 10.1. The van der Waals surface area contributed by atoms with E-state index in [4.69, 9.17) is 16.3 Å². The van der Waals surface area contributed by atoms with E-state index < -0.39 is 0 Å². The molecule has 0 bridgehead atoms. The number of rotatable bonds is 5. The summed E-state index contributed by atoms with van der Waals surface area (Å²) in [6.07, 6.45) is 4.55. The van der Waals surface area contributed by atoms with Gasteiger partial charge in [0, 0.05) is 11.8 Å². The van der Waals surface area contributed by atoms with Crippen LogP contribution in [0.3, 0.4) is 0 Å². The number of hydrogen-bond acceptors (Lipinski definition) is 2. The van der Waals surface area contributed by atoms with Gasteiger partial charge in [-0.25, -0.2) is 0 Å². The van der Waals surface area contributed by atoms with Crippen molar-refractivity contribution in [3.8, 4) is 11.5 Å². The molecular weight excluding hydrogens is 258 g/mol. The lowest BCUT2D eigenvalue weighted by Gasteiger charge is -2.11. The van der Waals surface area contributed by atoms with Gasteiger partial charge in [0.25, 0.3) is 0 Å². The van der Waals surface area contributed by atoms with Crippen LogP contribution < -0.4 is 4.74 Å². The minimum absolute atomic E-state index is 0.419. The molecule has 1 unspecified atom stereocenters. The Kier molecular flexibility index (Phi) is 4.80. The van der Waals surface area contributed by atoms with E-state index in [1.54, 1.807) is 12.4 Å². The van der Waals surface area contributed by atoms with Crippen LogP contribution in [0, 0.1) is 0 Å². The highest BCUT2D eigenvalue weighted by Crippen LogP contribution is 2.27. The first-order chi connectivity index (χ1) is 9.24. The van der Waals surface area contributed by atoms with Crippen molar-refractivity contribution in [3.05, 3.63) is 53.9 Å². The third-order valence-corrected chi connectivity index (χ3v) is 3.59. The zero-order valence-corrected chi connectivity index (χ0v) is 12.0. The summed E-state index contributed by atoms with van der Waals surface area (Å²) < 4.78 is 5.82. The fourth-order valence-corrected chi connectivity index (χ4v) is 2.06. The van der Waals surface area contributed by atoms with E-state index in [2.05, 4.69) is 31.0 Å². The Bertz CT molecular complexity index is 525. The number of benzene rings is 1. The maximum atomic E-state index is 5.88. The molecule has 0 saturated carbocycles. The highest BCUT2D eigenvalue weighted by molar-refractivity contribution is 6.17. The first-order valence-corrected chi connectivity index (χ1v) is 7.04. The molecule has 1 atom stereocenters. The Morgan fingerprint density at radius 1 is 1.21 bits per heavy atom. The van der Waals surface area contributed by atoms with Crippen LogP contribution in [0.15, 0.2) is 42.7 Å². The number of ether oxygens (including phenoxy) is 1. The molecule has 2 nitrogen and oxygen atoms in total. The van der Waals surface area contributed by atoms with Crippen molar-refractivity contribution in [2.24, 2.45) is 0 Å². The van der Waals surface area contributed by atoms with Gasteiger partial charge in [-0.15, -0.1) is 11.6 Å². The van der Waals surface area contributed by atoms with E-state index >= 15 is 0 Å². The van der Waals surface area contributed by atoms with Gasteiger partial charge >= 0.3 is 0 Å². The van der Waals surface area contributed by atoms with Gasteiger partial charge in [-0.05, 0) is 36.1 Å². The molecule has 0 spiro atoms. The van der Waals surface area contributed by atoms with Crippen LogP contribution in [0.2, 0.25) is 0 Å². The number of alkyl halides is 1. The maximum absolute atomic E-state index is 5.88. The Labute approximate surface area is 119 Å². The summed E-state index contributed by atoms with van der Waals surface area (Å²) in [5.74, 6) is 2.52. The van der Waals surface area contributed by atoms with Gasteiger partial charge < -0.3 is 4.74 Å². The van der Waals surface area contributed by atoms with Crippen LogP contribution in [0.5, 0.6) is 11.5 Å². The summed E-state index contributed by atoms with van der Waals surface area (Å²) in [5.41, 5.74) is 2.28. The minimum atomic E-state index is 0.419. The molecule has 100 valence electrons. The number of halogens is 1. The third kappa shape index (κ3) is 3.48. The number of hydrogen-bond donors (Lipinski definition) is 0. The number of pyridine rings is 1. The van der Waals surface area contributed by atoms with Crippen LogP contribution in [0.25, 0.3) is 0 Å². The average Bonchev–Trinajstić information content (AvgIpc) is 2.48. The van der Waals surface area contributed by atoms with E-state index in [0.717, 1.165) is 17.7 Å². The Balaban J connectivity index is 2.15. The fourth-order valence-electron chi connectivity index (χ4n) is 1.84. The summed E-state index contributed by atoms with van der Waals surface area (Å²) in [5, 5.41) is 0. The van der Waals surface area contributed by atoms with Gasteiger partial charge in [-0.2, -0.15) is 0 Å². The first-order valence-electron chi connectivity index (χ1n) is 6.51. The molecule has 19 heavy (non-hydrogen) atoms. The predicted octanol–water partition coefficient (Wildman–Crippen LogP) is 5.13. The van der Waals surface area contributed by atoms with Crippen LogP contribution in [-0.2, 0) is 5.88 Å². The van der Waals surface area contributed by atoms with Crippen LogP contribution in [-0.4, -0.2) is 4.98 Å². The highest BCUT2D eigenvalue weighted by atomic mass is 35.5. The lowest BCUT2D eigenvalue weighted by atomic mass is 9.99. The molecule has 0 aliphatic rings. The summed E-state index contributed by atoms with van der Waals surface area (Å²) in [7, 11) is 0. The van der Waals surface area contributed by atoms with E-state index in [1.165, 1.54) is 5.56 Å². The quantitative estimate of drug-likeness (QED) is 0.706. The molecule has 2 rings (SSSR count). The monoisotopic (exact) mass is 275 g/mol. The normalized spacial score (nSPS) is 12.2. The second-order valence-electron chi connectivity index (χ2n) is 4.60. The molecule has 1 aromatic carbocycles. The Morgan fingerprint density at radius 3 is 2.58 bits per heavy atom. The standard InChI is InChI=1S/C16H18ClNO/c1-3-12(2)13-4-6-15(7-5-13)19-16-11-18-9-8-14(16)10-17/h4-9,11-12H,3,10H2,1-2H3. The van der Waals surface area contributed by atoms with Crippen molar-refractivity contribution in [2.75, 3.05) is 0 Å². The van der Waals surface area contributed by atoms with Gasteiger partial charge in [0.1, 0.15) is 11.5 Å². The zero-order valence-electron chi connectivity index (χ0n) is 11.3. The van der Waals surface area contributed by atoms with Crippen molar-refractivity contribution < 1.29 is 4.74 Å². The first kappa shape index (κ1) is 13.9. The zero-order chi connectivity index (χ0) is 13.7. The van der Waals surface area contributed by atoms with Crippen molar-refractivity contribution in [1.29, 1.82) is 0 Å². The van der Waals surface area contributed by atoms with Gasteiger partial charge in [-0.1, -0.05) is 26.0 Å². The second-order valence-corrected chi connectivity index (χ2v) is 4.86. The lowest BCUT2D eigenvalue weighted by Crippen LogP contribution is -1.93. The van der Waals surface area contributed by atoms with Crippen LogP contribution >= 0.6 is 11.6 Å². The van der Waals surface area contributed by atoms with Gasteiger partial charge in [0.05, 0.1) is 12.1 Å². The summed E-state index contributed by atoms with van der Waals surface area (Å²) >= 11 is 5.88. The SMILES string of the molecule is CCC(C)c1ccc(Oc2cnccc2CCl)cc1. The lowest BCUT2D eigenvalue weighted by molar-refractivity contribution is 0.475. The van der Waals surface area contributed by atoms with Gasteiger partial charge in [0.2, 0.25) is 0 Å². The molecule has 1 heterocycles. The van der Waals surface area contributed by atoms with E-state index in [1.807, 2.05) is 18.2 Å². The molecule has 0 amide bonds. The minimum Gasteiger partial charge on any atom is -0.455 e. The van der Waals surface area contributed by atoms with Crippen molar-refractivity contribution in [1.82, 2.24) is 4.98 Å². The molecule has 0 saturated heterocycles.